The van der Waals surface area contributed by atoms with Crippen LogP contribution in [0.1, 0.15) is 36.0 Å². The molecule has 0 aromatic heterocycles. The van der Waals surface area contributed by atoms with Gasteiger partial charge in [0.25, 0.3) is 5.91 Å². The summed E-state index contributed by atoms with van der Waals surface area (Å²) >= 11 is 0. The van der Waals surface area contributed by atoms with Gasteiger partial charge in [-0.25, -0.2) is 0 Å². The van der Waals surface area contributed by atoms with Crippen LogP contribution in [0, 0.1) is 0 Å². The molecular weight excluding hydrogens is 318 g/mol. The number of carbonyl (C=O) groups excluding carboxylic acids is 1. The van der Waals surface area contributed by atoms with Crippen LogP contribution in [0.2, 0.25) is 0 Å². The first-order valence-electron chi connectivity index (χ1n) is 8.50. The number of likely N-dealkylation sites (tertiary alicyclic amines) is 1. The van der Waals surface area contributed by atoms with Crippen LogP contribution in [0.15, 0.2) is 54.6 Å². The van der Waals surface area contributed by atoms with Crippen molar-refractivity contribution in [3.8, 4) is 11.5 Å². The first-order chi connectivity index (χ1) is 12.1. The van der Waals surface area contributed by atoms with E-state index in [1.54, 1.807) is 23.1 Å². The van der Waals surface area contributed by atoms with Crippen molar-refractivity contribution in [1.29, 1.82) is 0 Å². The van der Waals surface area contributed by atoms with E-state index in [9.17, 15) is 9.59 Å². The first-order valence-corrected chi connectivity index (χ1v) is 8.50. The molecule has 2 aromatic rings. The highest BCUT2D eigenvalue weighted by molar-refractivity contribution is 5.97. The Balaban J connectivity index is 1.85. The lowest BCUT2D eigenvalue weighted by atomic mass is 9.98. The molecule has 5 heteroatoms. The average Bonchev–Trinajstić information content (AvgIpc) is 2.62. The van der Waals surface area contributed by atoms with Crippen LogP contribution in [0.3, 0.4) is 0 Å². The van der Waals surface area contributed by atoms with Gasteiger partial charge < -0.3 is 14.7 Å². The Hall–Kier alpha value is -2.82. The third-order valence-electron chi connectivity index (χ3n) is 4.39. The second kappa shape index (κ2) is 7.83. The normalized spacial score (nSPS) is 17.1. The molecule has 5 nitrogen and oxygen atoms in total. The molecular formula is C20H21NO4. The maximum absolute atomic E-state index is 13.1. The van der Waals surface area contributed by atoms with E-state index in [1.165, 1.54) is 0 Å². The Morgan fingerprint density at radius 1 is 1.04 bits per heavy atom. The highest BCUT2D eigenvalue weighted by Crippen LogP contribution is 2.29. The smallest absolute Gasteiger partial charge is 0.305 e. The Bertz CT molecular complexity index is 744. The lowest BCUT2D eigenvalue weighted by molar-refractivity contribution is -0.138. The third kappa shape index (κ3) is 4.18. The predicted octanol–water partition coefficient (Wildman–Crippen LogP) is 3.95. The summed E-state index contributed by atoms with van der Waals surface area (Å²) in [6, 6.07) is 16.1. The number of hydrogen-bond acceptors (Lipinski definition) is 3. The van der Waals surface area contributed by atoms with Gasteiger partial charge in [0.2, 0.25) is 0 Å². The van der Waals surface area contributed by atoms with Gasteiger partial charge in [0.05, 0.1) is 12.0 Å². The SMILES string of the molecule is O=C(O)C[C@@H]1CCCCN1C(=O)c1ccccc1Oc1ccccc1. The number of amides is 1. The summed E-state index contributed by atoms with van der Waals surface area (Å²) < 4.78 is 5.87. The molecule has 1 fully saturated rings. The number of aliphatic carboxylic acids is 1. The maximum atomic E-state index is 13.1. The number of carboxylic acid groups (broad SMARTS) is 1. The predicted molar refractivity (Wildman–Crippen MR) is 93.9 cm³/mol. The van der Waals surface area contributed by atoms with Crippen molar-refractivity contribution >= 4 is 11.9 Å². The van der Waals surface area contributed by atoms with E-state index in [-0.39, 0.29) is 18.4 Å². The van der Waals surface area contributed by atoms with Gasteiger partial charge in [0.1, 0.15) is 11.5 Å². The Kier molecular flexibility index (Phi) is 5.33. The molecule has 3 rings (SSSR count). The number of carbonyl (C=O) groups is 2. The van der Waals surface area contributed by atoms with E-state index in [0.717, 1.165) is 19.3 Å². The number of ether oxygens (including phenoxy) is 1. The highest BCUT2D eigenvalue weighted by atomic mass is 16.5. The molecule has 1 aliphatic rings. The molecule has 1 heterocycles. The Morgan fingerprint density at radius 3 is 2.52 bits per heavy atom. The van der Waals surface area contributed by atoms with Gasteiger partial charge in [-0.2, -0.15) is 0 Å². The molecule has 1 N–H and O–H groups in total. The zero-order valence-corrected chi connectivity index (χ0v) is 13.9. The summed E-state index contributed by atoms with van der Waals surface area (Å²) in [4.78, 5) is 25.9. The molecule has 25 heavy (non-hydrogen) atoms. The second-order valence-electron chi connectivity index (χ2n) is 6.16. The van der Waals surface area contributed by atoms with Crippen LogP contribution in [0.5, 0.6) is 11.5 Å². The molecule has 0 radical (unpaired) electrons. The summed E-state index contributed by atoms with van der Waals surface area (Å²) in [5, 5.41) is 9.12. The van der Waals surface area contributed by atoms with Crippen LogP contribution >= 0.6 is 0 Å². The van der Waals surface area contributed by atoms with Gasteiger partial charge in [-0.1, -0.05) is 30.3 Å². The maximum Gasteiger partial charge on any atom is 0.305 e. The topological polar surface area (TPSA) is 66.8 Å². The molecule has 0 saturated carbocycles. The lowest BCUT2D eigenvalue weighted by Gasteiger charge is -2.35. The van der Waals surface area contributed by atoms with Crippen LogP contribution in [-0.4, -0.2) is 34.5 Å². The molecule has 1 aliphatic heterocycles. The molecule has 0 spiro atoms. The van der Waals surface area contributed by atoms with Crippen LogP contribution < -0.4 is 4.74 Å². The van der Waals surface area contributed by atoms with Crippen molar-refractivity contribution < 1.29 is 19.4 Å². The molecule has 2 aromatic carbocycles. The Morgan fingerprint density at radius 2 is 1.76 bits per heavy atom. The van der Waals surface area contributed by atoms with Gasteiger partial charge in [-0.05, 0) is 43.5 Å². The quantitative estimate of drug-likeness (QED) is 0.896. The first kappa shape index (κ1) is 17.0. The summed E-state index contributed by atoms with van der Waals surface area (Å²) in [6.45, 7) is 0.580. The number of nitrogens with zero attached hydrogens (tertiary/aromatic N) is 1. The minimum atomic E-state index is -0.876. The average molecular weight is 339 g/mol. The van der Waals surface area contributed by atoms with Crippen LogP contribution in [0.4, 0.5) is 0 Å². The van der Waals surface area contributed by atoms with Crippen molar-refractivity contribution in [2.75, 3.05) is 6.54 Å². The monoisotopic (exact) mass is 339 g/mol. The largest absolute Gasteiger partial charge is 0.481 e. The zero-order valence-electron chi connectivity index (χ0n) is 13.9. The molecule has 1 amide bonds. The number of para-hydroxylation sites is 2. The van der Waals surface area contributed by atoms with E-state index in [4.69, 9.17) is 9.84 Å². The van der Waals surface area contributed by atoms with Crippen molar-refractivity contribution in [3.05, 3.63) is 60.2 Å². The summed E-state index contributed by atoms with van der Waals surface area (Å²) in [5.74, 6) is 0.0952. The lowest BCUT2D eigenvalue weighted by Crippen LogP contribution is -2.44. The third-order valence-corrected chi connectivity index (χ3v) is 4.39. The van der Waals surface area contributed by atoms with Gasteiger partial charge in [0.15, 0.2) is 0 Å². The van der Waals surface area contributed by atoms with Crippen LogP contribution in [0.25, 0.3) is 0 Å². The summed E-state index contributed by atoms with van der Waals surface area (Å²) in [7, 11) is 0. The molecule has 0 unspecified atom stereocenters. The second-order valence-corrected chi connectivity index (χ2v) is 6.16. The number of carboxylic acids is 1. The van der Waals surface area contributed by atoms with E-state index in [1.807, 2.05) is 36.4 Å². The van der Waals surface area contributed by atoms with E-state index >= 15 is 0 Å². The number of benzene rings is 2. The van der Waals surface area contributed by atoms with E-state index in [2.05, 4.69) is 0 Å². The molecule has 1 saturated heterocycles. The van der Waals surface area contributed by atoms with E-state index < -0.39 is 5.97 Å². The number of hydrogen-bond donors (Lipinski definition) is 1. The number of rotatable bonds is 5. The minimum Gasteiger partial charge on any atom is -0.481 e. The van der Waals surface area contributed by atoms with Crippen molar-refractivity contribution in [3.63, 3.8) is 0 Å². The standard InChI is InChI=1S/C20H21NO4/c22-19(23)14-15-8-6-7-13-21(15)20(24)17-11-4-5-12-18(17)25-16-9-2-1-3-10-16/h1-5,9-12,15H,6-8,13-14H2,(H,22,23)/t15-/m0/s1. The summed E-state index contributed by atoms with van der Waals surface area (Å²) in [5.41, 5.74) is 0.462. The fourth-order valence-electron chi connectivity index (χ4n) is 3.18. The van der Waals surface area contributed by atoms with Gasteiger partial charge in [-0.3, -0.25) is 9.59 Å². The fraction of sp³-hybridized carbons (Fsp3) is 0.300. The van der Waals surface area contributed by atoms with Crippen molar-refractivity contribution in [1.82, 2.24) is 4.90 Å². The molecule has 0 bridgehead atoms. The van der Waals surface area contributed by atoms with Crippen molar-refractivity contribution in [2.45, 2.75) is 31.7 Å². The fourth-order valence-corrected chi connectivity index (χ4v) is 3.18. The molecule has 1 atom stereocenters. The van der Waals surface area contributed by atoms with E-state index in [0.29, 0.717) is 23.6 Å². The van der Waals surface area contributed by atoms with Gasteiger partial charge in [0, 0.05) is 12.6 Å². The molecule has 0 aliphatic carbocycles. The van der Waals surface area contributed by atoms with Gasteiger partial charge >= 0.3 is 5.97 Å². The zero-order chi connectivity index (χ0) is 17.6. The molecule has 130 valence electrons. The number of piperidine rings is 1. The highest BCUT2D eigenvalue weighted by Gasteiger charge is 2.30. The van der Waals surface area contributed by atoms with Crippen LogP contribution in [-0.2, 0) is 4.79 Å². The minimum absolute atomic E-state index is 0.0204. The van der Waals surface area contributed by atoms with Gasteiger partial charge in [-0.15, -0.1) is 0 Å². The summed E-state index contributed by atoms with van der Waals surface area (Å²) in [6.07, 6.45) is 2.54. The van der Waals surface area contributed by atoms with Crippen molar-refractivity contribution in [2.24, 2.45) is 0 Å². The Labute approximate surface area is 146 Å².